The monoisotopic (exact) mass is 576 g/mol. The Morgan fingerprint density at radius 3 is 1.29 bits per heavy atom. The Bertz CT molecular complexity index is 985. The number of ether oxygens (including phenoxy) is 2. The fraction of sp³-hybridized carbons (Fsp3) is 0.611. The van der Waals surface area contributed by atoms with Gasteiger partial charge in [0.05, 0.1) is 13.2 Å². The Morgan fingerprint density at radius 1 is 0.595 bits per heavy atom. The Labute approximate surface area is 253 Å². The maximum Gasteiger partial charge on any atom is 0.167 e. The van der Waals surface area contributed by atoms with Gasteiger partial charge in [-0.1, -0.05) is 25.7 Å². The molecule has 42 heavy (non-hydrogen) atoms. The molecule has 2 aromatic carbocycles. The highest BCUT2D eigenvalue weighted by Gasteiger charge is 2.26. The Hall–Kier alpha value is -2.70. The zero-order valence-corrected chi connectivity index (χ0v) is 26.0. The first-order chi connectivity index (χ1) is 20.6. The van der Waals surface area contributed by atoms with Gasteiger partial charge in [-0.15, -0.1) is 0 Å². The number of rotatable bonds is 17. The molecule has 6 nitrogen and oxygen atoms in total. The second kappa shape index (κ2) is 17.4. The summed E-state index contributed by atoms with van der Waals surface area (Å²) >= 11 is 0. The topological polar surface area (TPSA) is 59.1 Å². The van der Waals surface area contributed by atoms with Crippen LogP contribution in [0.3, 0.4) is 0 Å². The number of nitrogens with zero attached hydrogens (tertiary/aromatic N) is 2. The highest BCUT2D eigenvalue weighted by atomic mass is 16.5. The third kappa shape index (κ3) is 9.95. The van der Waals surface area contributed by atoms with E-state index in [1.807, 2.05) is 62.4 Å². The molecule has 0 aromatic heterocycles. The molecule has 0 bridgehead atoms. The molecule has 2 heterocycles. The predicted molar refractivity (Wildman–Crippen MR) is 170 cm³/mol. The van der Waals surface area contributed by atoms with E-state index in [1.165, 1.54) is 38.5 Å². The first-order valence-corrected chi connectivity index (χ1v) is 16.6. The number of unbranched alkanes of at least 4 members (excludes halogenated alkanes) is 1. The van der Waals surface area contributed by atoms with E-state index in [0.29, 0.717) is 13.2 Å². The number of carbonyl (C=O) groups excluding carboxylic acids is 2. The number of hydrogen-bond donors (Lipinski definition) is 0. The second-order valence-electron chi connectivity index (χ2n) is 12.0. The maximum atomic E-state index is 13.7. The Kier molecular flexibility index (Phi) is 13.4. The molecule has 2 saturated heterocycles. The summed E-state index contributed by atoms with van der Waals surface area (Å²) in [5.41, 5.74) is 1.54. The molecule has 2 aromatic rings. The fourth-order valence-electron chi connectivity index (χ4n) is 6.53. The summed E-state index contributed by atoms with van der Waals surface area (Å²) < 4.78 is 11.2. The molecule has 0 unspecified atom stereocenters. The SMILES string of the molecule is CCOc1ccc(C(=O)[C@@H](CCCC[C@@H](CN2CCCCC2)C(=O)c2ccc(OCC)cc2)CN2CCCCC2)cc1. The summed E-state index contributed by atoms with van der Waals surface area (Å²) in [6, 6.07) is 15.3. The van der Waals surface area contributed by atoms with Gasteiger partial charge in [0.2, 0.25) is 0 Å². The molecule has 6 heteroatoms. The van der Waals surface area contributed by atoms with Crippen LogP contribution >= 0.6 is 0 Å². The van der Waals surface area contributed by atoms with Crippen LogP contribution in [0.1, 0.15) is 98.8 Å². The van der Waals surface area contributed by atoms with Crippen molar-refractivity contribution in [1.29, 1.82) is 0 Å². The van der Waals surface area contributed by atoms with Crippen LogP contribution in [0.25, 0.3) is 0 Å². The summed E-state index contributed by atoms with van der Waals surface area (Å²) in [5.74, 6) is 2.03. The summed E-state index contributed by atoms with van der Waals surface area (Å²) in [6.07, 6.45) is 11.1. The van der Waals surface area contributed by atoms with E-state index in [0.717, 1.165) is 87.6 Å². The summed E-state index contributed by atoms with van der Waals surface area (Å²) in [6.45, 7) is 11.2. The molecule has 2 atom stereocenters. The lowest BCUT2D eigenvalue weighted by molar-refractivity contribution is 0.0833. The molecule has 2 fully saturated rings. The zero-order chi connectivity index (χ0) is 29.6. The molecular formula is C36H52N2O4. The van der Waals surface area contributed by atoms with Crippen molar-refractivity contribution in [2.24, 2.45) is 11.8 Å². The van der Waals surface area contributed by atoms with Gasteiger partial charge in [-0.3, -0.25) is 9.59 Å². The average Bonchev–Trinajstić information content (AvgIpc) is 3.03. The molecular weight excluding hydrogens is 524 g/mol. The minimum Gasteiger partial charge on any atom is -0.494 e. The molecule has 0 N–H and O–H groups in total. The van der Waals surface area contributed by atoms with Crippen LogP contribution in [0.15, 0.2) is 48.5 Å². The third-order valence-electron chi connectivity index (χ3n) is 8.85. The van der Waals surface area contributed by atoms with Crippen molar-refractivity contribution in [3.8, 4) is 11.5 Å². The van der Waals surface area contributed by atoms with E-state index in [2.05, 4.69) is 9.80 Å². The van der Waals surface area contributed by atoms with E-state index < -0.39 is 0 Å². The van der Waals surface area contributed by atoms with E-state index in [1.54, 1.807) is 0 Å². The van der Waals surface area contributed by atoms with Gasteiger partial charge < -0.3 is 19.3 Å². The van der Waals surface area contributed by atoms with Gasteiger partial charge in [0.15, 0.2) is 11.6 Å². The van der Waals surface area contributed by atoms with Crippen molar-refractivity contribution in [3.63, 3.8) is 0 Å². The van der Waals surface area contributed by atoms with Crippen molar-refractivity contribution in [3.05, 3.63) is 59.7 Å². The van der Waals surface area contributed by atoms with E-state index >= 15 is 0 Å². The van der Waals surface area contributed by atoms with E-state index in [4.69, 9.17) is 9.47 Å². The maximum absolute atomic E-state index is 13.7. The number of Topliss-reactive ketones (excluding diaryl/α,β-unsaturated/α-hetero) is 2. The molecule has 0 radical (unpaired) electrons. The van der Waals surface area contributed by atoms with Crippen molar-refractivity contribution in [2.75, 3.05) is 52.5 Å². The zero-order valence-electron chi connectivity index (χ0n) is 26.0. The van der Waals surface area contributed by atoms with E-state index in [-0.39, 0.29) is 23.4 Å². The smallest absolute Gasteiger partial charge is 0.167 e. The fourth-order valence-corrected chi connectivity index (χ4v) is 6.53. The minimum atomic E-state index is -0.0246. The number of benzene rings is 2. The van der Waals surface area contributed by atoms with Crippen LogP contribution in [0.4, 0.5) is 0 Å². The van der Waals surface area contributed by atoms with Crippen LogP contribution < -0.4 is 9.47 Å². The highest BCUT2D eigenvalue weighted by Crippen LogP contribution is 2.25. The van der Waals surface area contributed by atoms with Crippen molar-refractivity contribution in [1.82, 2.24) is 9.80 Å². The average molecular weight is 577 g/mol. The minimum absolute atomic E-state index is 0.0246. The quantitative estimate of drug-likeness (QED) is 0.145. The Morgan fingerprint density at radius 2 is 0.952 bits per heavy atom. The van der Waals surface area contributed by atoms with Crippen LogP contribution in [-0.4, -0.2) is 73.8 Å². The van der Waals surface area contributed by atoms with Crippen molar-refractivity contribution >= 4 is 11.6 Å². The van der Waals surface area contributed by atoms with Gasteiger partial charge in [0, 0.05) is 36.1 Å². The molecule has 2 aliphatic heterocycles. The number of ketones is 2. The second-order valence-corrected chi connectivity index (χ2v) is 12.0. The summed E-state index contributed by atoms with van der Waals surface area (Å²) in [7, 11) is 0. The van der Waals surface area contributed by atoms with Crippen molar-refractivity contribution in [2.45, 2.75) is 78.1 Å². The third-order valence-corrected chi connectivity index (χ3v) is 8.85. The van der Waals surface area contributed by atoms with Gasteiger partial charge in [-0.25, -0.2) is 0 Å². The van der Waals surface area contributed by atoms with Crippen LogP contribution in [0.2, 0.25) is 0 Å². The summed E-state index contributed by atoms with van der Waals surface area (Å²) in [5, 5.41) is 0. The standard InChI is InChI=1S/C36H52N2O4/c1-3-41-33-19-15-29(16-20-33)35(39)31(27-37-23-9-5-10-24-37)13-7-8-14-32(28-38-25-11-6-12-26-38)36(40)30-17-21-34(22-18-30)42-4-2/h15-22,31-32H,3-14,23-28H2,1-2H3/t31-,32-/m0/s1. The van der Waals surface area contributed by atoms with Crippen LogP contribution in [-0.2, 0) is 0 Å². The van der Waals surface area contributed by atoms with Gasteiger partial charge in [0.25, 0.3) is 0 Å². The first kappa shape index (κ1) is 32.2. The molecule has 0 spiro atoms. The lowest BCUT2D eigenvalue weighted by Gasteiger charge is -2.31. The number of piperidine rings is 2. The molecule has 0 amide bonds. The lowest BCUT2D eigenvalue weighted by atomic mass is 9.88. The molecule has 0 saturated carbocycles. The molecule has 4 rings (SSSR count). The van der Waals surface area contributed by atoms with Crippen LogP contribution in [0.5, 0.6) is 11.5 Å². The first-order valence-electron chi connectivity index (χ1n) is 16.6. The van der Waals surface area contributed by atoms with E-state index in [9.17, 15) is 9.59 Å². The van der Waals surface area contributed by atoms with Crippen molar-refractivity contribution < 1.29 is 19.1 Å². The largest absolute Gasteiger partial charge is 0.494 e. The van der Waals surface area contributed by atoms with Gasteiger partial charge in [-0.2, -0.15) is 0 Å². The molecule has 230 valence electrons. The summed E-state index contributed by atoms with van der Waals surface area (Å²) in [4.78, 5) is 32.4. The van der Waals surface area contributed by atoms with Crippen LogP contribution in [0, 0.1) is 11.8 Å². The predicted octanol–water partition coefficient (Wildman–Crippen LogP) is 7.31. The Balaban J connectivity index is 1.39. The highest BCUT2D eigenvalue weighted by molar-refractivity contribution is 5.98. The molecule has 0 aliphatic carbocycles. The van der Waals surface area contributed by atoms with Gasteiger partial charge in [0.1, 0.15) is 11.5 Å². The molecule has 2 aliphatic rings. The van der Waals surface area contributed by atoms with Gasteiger partial charge >= 0.3 is 0 Å². The normalized spacial score (nSPS) is 17.9. The number of hydrogen-bond acceptors (Lipinski definition) is 6. The number of carbonyl (C=O) groups is 2. The van der Waals surface area contributed by atoms with Gasteiger partial charge in [-0.05, 0) is 127 Å². The number of likely N-dealkylation sites (tertiary alicyclic amines) is 2. The lowest BCUT2D eigenvalue weighted by Crippen LogP contribution is -2.37.